The Morgan fingerprint density at radius 2 is 1.68 bits per heavy atom. The number of aryl methyl sites for hydroxylation is 1. The van der Waals surface area contributed by atoms with Gasteiger partial charge in [0.15, 0.2) is 0 Å². The number of unbranched alkanes of at least 4 members (excludes halogenated alkanes) is 1. The van der Waals surface area contributed by atoms with Gasteiger partial charge in [-0.15, -0.1) is 0 Å². The third-order valence-electron chi connectivity index (χ3n) is 5.97. The quantitative estimate of drug-likeness (QED) is 0.147. The lowest BCUT2D eigenvalue weighted by Gasteiger charge is -2.19. The Morgan fingerprint density at radius 3 is 2.20 bits per heavy atom. The Bertz CT molecular complexity index is 1220. The van der Waals surface area contributed by atoms with Gasteiger partial charge >= 0.3 is 5.97 Å². The topological polar surface area (TPSA) is 67.8 Å². The van der Waals surface area contributed by atoms with Crippen molar-refractivity contribution in [2.45, 2.75) is 92.6 Å². The summed E-state index contributed by atoms with van der Waals surface area (Å²) in [5.41, 5.74) is 3.55. The van der Waals surface area contributed by atoms with E-state index in [0.717, 1.165) is 24.0 Å². The number of nitrogens with one attached hydrogen (secondary N) is 1. The molecule has 2 rings (SSSR count). The molecule has 1 aliphatic carbocycles. The summed E-state index contributed by atoms with van der Waals surface area (Å²) in [6.45, 7) is 21.3. The monoisotopic (exact) mass is 604 g/mol. The van der Waals surface area contributed by atoms with Crippen LogP contribution < -0.4 is 5.32 Å². The van der Waals surface area contributed by atoms with Crippen molar-refractivity contribution in [3.63, 3.8) is 0 Å². The van der Waals surface area contributed by atoms with Gasteiger partial charge in [-0.3, -0.25) is 14.6 Å². The molecule has 0 aromatic heterocycles. The summed E-state index contributed by atoms with van der Waals surface area (Å²) in [4.78, 5) is 27.9. The van der Waals surface area contributed by atoms with E-state index in [1.54, 1.807) is 32.9 Å². The number of ether oxygens (including phenoxy) is 1. The van der Waals surface area contributed by atoms with E-state index in [1.165, 1.54) is 36.8 Å². The number of nitrogens with zero attached hydrogens (tertiary/aromatic N) is 1. The second-order valence-electron chi connectivity index (χ2n) is 10.9. The number of allylic oxidation sites excluding steroid dienone is 9. The molecular weight excluding hydrogens is 551 g/mol. The van der Waals surface area contributed by atoms with Crippen LogP contribution in [0, 0.1) is 0 Å². The number of amides is 1. The third kappa shape index (κ3) is 20.0. The summed E-state index contributed by atoms with van der Waals surface area (Å²) in [7, 11) is 0. The lowest BCUT2D eigenvalue weighted by Crippen LogP contribution is -2.29. The molecule has 0 radical (unpaired) electrons. The van der Waals surface area contributed by atoms with Gasteiger partial charge in [0.2, 0.25) is 0 Å². The predicted octanol–water partition coefficient (Wildman–Crippen LogP) is 9.66. The number of aliphatic imine (C=N–C) groups is 1. The van der Waals surface area contributed by atoms with Crippen LogP contribution in [0.1, 0.15) is 86.1 Å². The van der Waals surface area contributed by atoms with E-state index in [2.05, 4.69) is 68.5 Å². The molecule has 1 aromatic carbocycles. The second-order valence-corrected chi connectivity index (χ2v) is 10.9. The number of esters is 1. The third-order valence-corrected chi connectivity index (χ3v) is 5.97. The molecule has 1 aliphatic rings. The first-order valence-corrected chi connectivity index (χ1v) is 15.4. The summed E-state index contributed by atoms with van der Waals surface area (Å²) < 4.78 is 18.6. The summed E-state index contributed by atoms with van der Waals surface area (Å²) in [6, 6.07) is 10.5. The number of hydrogen-bond acceptors (Lipinski definition) is 4. The standard InChI is InChI=1S/C26H33FN2O3.C8H10.C4H10/c1-7-20(10-9-11-21-14-15-22(27)18-23(21)28-8-2)13-12-19(3)25(31)29-17-16-24(30)32-26(4,5)6;1-2-8-6-4-3-5-7-8;1-3-4-2/h7-8,11-15,18H,2-3,9-10,16-17H2,1,4-6H3,(H,29,31);3-7H,2H2,1H3;3-4H2,1-2H3/b13-12-,20-7-,21-11+,28-23?;;. The molecule has 0 saturated heterocycles. The van der Waals surface area contributed by atoms with E-state index >= 15 is 0 Å². The van der Waals surface area contributed by atoms with Crippen LogP contribution in [0.25, 0.3) is 0 Å². The van der Waals surface area contributed by atoms with Gasteiger partial charge in [-0.2, -0.15) is 0 Å². The van der Waals surface area contributed by atoms with Gasteiger partial charge < -0.3 is 10.1 Å². The molecule has 6 heteroatoms. The Balaban J connectivity index is 0.00000127. The molecule has 0 saturated carbocycles. The highest BCUT2D eigenvalue weighted by molar-refractivity contribution is 6.12. The van der Waals surface area contributed by atoms with Crippen LogP contribution in [0.15, 0.2) is 120 Å². The van der Waals surface area contributed by atoms with E-state index in [9.17, 15) is 14.0 Å². The van der Waals surface area contributed by atoms with Gasteiger partial charge in [0.1, 0.15) is 11.4 Å². The number of benzene rings is 1. The maximum absolute atomic E-state index is 13.4. The zero-order valence-corrected chi connectivity index (χ0v) is 27.9. The molecular formula is C38H53FN2O3. The highest BCUT2D eigenvalue weighted by Crippen LogP contribution is 2.18. The summed E-state index contributed by atoms with van der Waals surface area (Å²) >= 11 is 0. The van der Waals surface area contributed by atoms with Gasteiger partial charge in [-0.1, -0.05) is 107 Å². The highest BCUT2D eigenvalue weighted by Gasteiger charge is 2.16. The molecule has 0 aliphatic heterocycles. The molecule has 1 amide bonds. The maximum Gasteiger partial charge on any atom is 0.308 e. The minimum absolute atomic E-state index is 0.0967. The molecule has 240 valence electrons. The van der Waals surface area contributed by atoms with Gasteiger partial charge in [0.05, 0.1) is 12.1 Å². The molecule has 0 heterocycles. The molecule has 1 aromatic rings. The smallest absolute Gasteiger partial charge is 0.308 e. The molecule has 44 heavy (non-hydrogen) atoms. The van der Waals surface area contributed by atoms with Crippen molar-refractivity contribution in [2.75, 3.05) is 6.54 Å². The number of carbonyl (C=O) groups excluding carboxylic acids is 2. The van der Waals surface area contributed by atoms with Crippen molar-refractivity contribution in [3.8, 4) is 0 Å². The van der Waals surface area contributed by atoms with Gasteiger partial charge in [0.25, 0.3) is 5.91 Å². The van der Waals surface area contributed by atoms with E-state index in [-0.39, 0.29) is 30.7 Å². The molecule has 0 fully saturated rings. The summed E-state index contributed by atoms with van der Waals surface area (Å²) in [5, 5.41) is 2.66. The van der Waals surface area contributed by atoms with Crippen LogP contribution >= 0.6 is 0 Å². The number of carbonyl (C=O) groups is 2. The molecule has 1 N–H and O–H groups in total. The minimum Gasteiger partial charge on any atom is -0.460 e. The molecule has 0 bridgehead atoms. The van der Waals surface area contributed by atoms with Crippen molar-refractivity contribution in [2.24, 2.45) is 4.99 Å². The zero-order valence-electron chi connectivity index (χ0n) is 27.9. The van der Waals surface area contributed by atoms with Crippen LogP contribution in [0.5, 0.6) is 0 Å². The fourth-order valence-corrected chi connectivity index (χ4v) is 3.40. The van der Waals surface area contributed by atoms with E-state index < -0.39 is 5.60 Å². The first kappa shape index (κ1) is 39.9. The average molecular weight is 605 g/mol. The Kier molecular flexibility index (Phi) is 21.2. The first-order valence-electron chi connectivity index (χ1n) is 15.4. The summed E-state index contributed by atoms with van der Waals surface area (Å²) in [5.74, 6) is -1.05. The van der Waals surface area contributed by atoms with Crippen LogP contribution in [-0.4, -0.2) is 29.7 Å². The lowest BCUT2D eigenvalue weighted by atomic mass is 10.0. The van der Waals surface area contributed by atoms with Crippen LogP contribution in [0.2, 0.25) is 0 Å². The number of rotatable bonds is 12. The second kappa shape index (κ2) is 23.4. The van der Waals surface area contributed by atoms with Crippen molar-refractivity contribution >= 4 is 17.6 Å². The van der Waals surface area contributed by atoms with Crippen molar-refractivity contribution < 1.29 is 18.7 Å². The average Bonchev–Trinajstić information content (AvgIpc) is 2.99. The SMILES string of the molecule is C=CN=C1C=C(F)C=C/C1=C\CCC(/C=C\C(=C)C(=O)NCCC(=O)OC(C)(C)C)=C/C.CCCC.CCc1ccccc1. The van der Waals surface area contributed by atoms with Crippen LogP contribution in [-0.2, 0) is 20.7 Å². The largest absolute Gasteiger partial charge is 0.460 e. The highest BCUT2D eigenvalue weighted by atomic mass is 19.1. The Hall–Kier alpha value is -4.06. The number of halogens is 1. The predicted molar refractivity (Wildman–Crippen MR) is 185 cm³/mol. The van der Waals surface area contributed by atoms with Gasteiger partial charge in [-0.25, -0.2) is 4.39 Å². The molecule has 0 atom stereocenters. The molecule has 0 unspecified atom stereocenters. The van der Waals surface area contributed by atoms with Crippen molar-refractivity contribution in [3.05, 3.63) is 120 Å². The molecule has 0 spiro atoms. The van der Waals surface area contributed by atoms with Crippen LogP contribution in [0.4, 0.5) is 4.39 Å². The fraction of sp³-hybridized carbons (Fsp3) is 0.395. The normalized spacial score (nSPS) is 14.6. The Labute approximate surface area is 265 Å². The molecule has 5 nitrogen and oxygen atoms in total. The van der Waals surface area contributed by atoms with E-state index in [4.69, 9.17) is 4.74 Å². The lowest BCUT2D eigenvalue weighted by molar-refractivity contribution is -0.154. The van der Waals surface area contributed by atoms with Gasteiger partial charge in [0, 0.05) is 24.4 Å². The maximum atomic E-state index is 13.4. The van der Waals surface area contributed by atoms with E-state index in [1.807, 2.05) is 31.2 Å². The van der Waals surface area contributed by atoms with Gasteiger partial charge in [-0.05, 0) is 70.2 Å². The number of hydrogen-bond donors (Lipinski definition) is 1. The zero-order chi connectivity index (χ0) is 33.4. The fourth-order valence-electron chi connectivity index (χ4n) is 3.40. The minimum atomic E-state index is -0.549. The summed E-state index contributed by atoms with van der Waals surface area (Å²) in [6.07, 6.45) is 18.6. The van der Waals surface area contributed by atoms with Crippen molar-refractivity contribution in [1.82, 2.24) is 5.32 Å². The van der Waals surface area contributed by atoms with Crippen LogP contribution in [0.3, 0.4) is 0 Å². The first-order chi connectivity index (χ1) is 20.9. The van der Waals surface area contributed by atoms with E-state index in [0.29, 0.717) is 17.7 Å². The Morgan fingerprint density at radius 1 is 1.02 bits per heavy atom. The van der Waals surface area contributed by atoms with Crippen molar-refractivity contribution in [1.29, 1.82) is 0 Å².